The van der Waals surface area contributed by atoms with Crippen molar-refractivity contribution in [1.82, 2.24) is 10.3 Å². The molecule has 3 aliphatic rings. The Morgan fingerprint density at radius 1 is 0.873 bits per heavy atom. The number of nitrogens with one attached hydrogen (secondary N) is 1. The van der Waals surface area contributed by atoms with Crippen molar-refractivity contribution < 1.29 is 37.9 Å². The summed E-state index contributed by atoms with van der Waals surface area (Å²) < 4.78 is 29.9. The van der Waals surface area contributed by atoms with Crippen LogP contribution in [0.4, 0.5) is 16.3 Å². The molecule has 13 heteroatoms. The topological polar surface area (TPSA) is 129 Å². The number of benzene rings is 2. The summed E-state index contributed by atoms with van der Waals surface area (Å²) in [5.74, 6) is -0.434. The molecule has 1 aromatic heterocycles. The molecule has 0 spiro atoms. The van der Waals surface area contributed by atoms with E-state index in [0.29, 0.717) is 49.4 Å². The number of fused-ring (bicyclic) bond motifs is 1. The lowest BCUT2D eigenvalue weighted by Gasteiger charge is -2.33. The molecule has 12 nitrogen and oxygen atoms in total. The van der Waals surface area contributed by atoms with E-state index in [1.165, 1.54) is 0 Å². The van der Waals surface area contributed by atoms with Gasteiger partial charge < -0.3 is 38.6 Å². The average Bonchev–Trinajstić information content (AvgIpc) is 3.64. The Bertz CT molecular complexity index is 1900. The summed E-state index contributed by atoms with van der Waals surface area (Å²) >= 11 is 0. The molecule has 0 unspecified atom stereocenters. The van der Waals surface area contributed by atoms with Crippen LogP contribution in [0.3, 0.4) is 0 Å². The number of pyridine rings is 1. The van der Waals surface area contributed by atoms with Gasteiger partial charge in [0.1, 0.15) is 23.6 Å². The molecule has 3 aromatic rings. The van der Waals surface area contributed by atoms with Gasteiger partial charge in [-0.1, -0.05) is 36.4 Å². The zero-order valence-corrected chi connectivity index (χ0v) is 33.9. The number of carbonyl (C=O) groups excluding carboxylic acids is 3. The summed E-state index contributed by atoms with van der Waals surface area (Å²) in [5.41, 5.74) is 2.16. The first kappa shape index (κ1) is 40.1. The summed E-state index contributed by atoms with van der Waals surface area (Å²) in [7, 11) is -0.815. The molecule has 0 radical (unpaired) electrons. The molecule has 1 atom stereocenters. The second-order valence-corrected chi connectivity index (χ2v) is 17.6. The van der Waals surface area contributed by atoms with Crippen molar-refractivity contribution in [3.8, 4) is 0 Å². The maximum absolute atomic E-state index is 14.0. The number of aromatic nitrogens is 1. The lowest BCUT2D eigenvalue weighted by Crippen LogP contribution is -2.41. The second kappa shape index (κ2) is 15.1. The number of ether oxygens (including phenoxy) is 3. The van der Waals surface area contributed by atoms with Crippen LogP contribution in [0, 0.1) is 0 Å². The zero-order chi connectivity index (χ0) is 39.9. The quantitative estimate of drug-likeness (QED) is 0.157. The molecule has 3 aliphatic heterocycles. The number of esters is 2. The first-order chi connectivity index (χ1) is 25.7. The molecule has 1 N–H and O–H groups in total. The van der Waals surface area contributed by atoms with Crippen LogP contribution in [0.25, 0.3) is 0 Å². The van der Waals surface area contributed by atoms with E-state index in [4.69, 9.17) is 28.5 Å². The molecule has 6 rings (SSSR count). The van der Waals surface area contributed by atoms with Crippen molar-refractivity contribution in [3.05, 3.63) is 82.5 Å². The van der Waals surface area contributed by atoms with Gasteiger partial charge in [-0.05, 0) is 117 Å². The van der Waals surface area contributed by atoms with E-state index in [0.717, 1.165) is 28.8 Å². The molecule has 2 aromatic carbocycles. The summed E-state index contributed by atoms with van der Waals surface area (Å²) in [6, 6.07) is 17.2. The first-order valence-corrected chi connectivity index (χ1v) is 19.1. The van der Waals surface area contributed by atoms with E-state index in [1.54, 1.807) is 0 Å². The Labute approximate surface area is 325 Å². The predicted octanol–water partition coefficient (Wildman–Crippen LogP) is 6.36. The largest absolute Gasteiger partial charge is 0.497 e. The summed E-state index contributed by atoms with van der Waals surface area (Å²) in [6.45, 7) is 21.2. The maximum Gasteiger partial charge on any atom is 0.497 e. The molecule has 294 valence electrons. The number of nitrogens with zero attached hydrogens (tertiary/aromatic N) is 3. The Balaban J connectivity index is 1.30. The van der Waals surface area contributed by atoms with Crippen LogP contribution in [-0.2, 0) is 43.1 Å². The fraction of sp³-hybridized carbons (Fsp3) is 0.524. The van der Waals surface area contributed by atoms with Crippen LogP contribution >= 0.6 is 0 Å². The fourth-order valence-corrected chi connectivity index (χ4v) is 6.88. The number of amides is 1. The zero-order valence-electron chi connectivity index (χ0n) is 33.9. The number of hydrogen-bond acceptors (Lipinski definition) is 11. The van der Waals surface area contributed by atoms with Crippen LogP contribution < -0.4 is 20.6 Å². The highest BCUT2D eigenvalue weighted by Crippen LogP contribution is 2.37. The summed E-state index contributed by atoms with van der Waals surface area (Å²) in [6.07, 6.45) is 0.922. The third-order valence-electron chi connectivity index (χ3n) is 10.4. The van der Waals surface area contributed by atoms with Crippen LogP contribution in [-0.4, -0.2) is 78.2 Å². The fourth-order valence-electron chi connectivity index (χ4n) is 6.88. The predicted molar refractivity (Wildman–Crippen MR) is 212 cm³/mol. The number of hydrogen-bond donors (Lipinski definition) is 1. The average molecular weight is 755 g/mol. The van der Waals surface area contributed by atoms with E-state index >= 15 is 0 Å². The summed E-state index contributed by atoms with van der Waals surface area (Å²) in [4.78, 5) is 49.4. The van der Waals surface area contributed by atoms with Crippen molar-refractivity contribution >= 4 is 42.1 Å². The Morgan fingerprint density at radius 3 is 2.20 bits per heavy atom. The van der Waals surface area contributed by atoms with Crippen molar-refractivity contribution in [2.24, 2.45) is 0 Å². The van der Waals surface area contributed by atoms with Gasteiger partial charge in [0.25, 0.3) is 0 Å². The van der Waals surface area contributed by atoms with Gasteiger partial charge in [-0.3, -0.25) is 0 Å². The minimum atomic E-state index is -0.815. The highest BCUT2D eigenvalue weighted by Gasteiger charge is 2.53. The third-order valence-corrected chi connectivity index (χ3v) is 10.4. The Hall–Kier alpha value is -4.62. The van der Waals surface area contributed by atoms with Crippen molar-refractivity contribution in [2.75, 3.05) is 29.4 Å². The minimum Gasteiger partial charge on any atom is -0.457 e. The minimum absolute atomic E-state index is 0.0970. The van der Waals surface area contributed by atoms with Gasteiger partial charge in [0.2, 0.25) is 0 Å². The molecule has 55 heavy (non-hydrogen) atoms. The van der Waals surface area contributed by atoms with Crippen LogP contribution in [0.1, 0.15) is 113 Å². The van der Waals surface area contributed by atoms with E-state index < -0.39 is 47.6 Å². The lowest BCUT2D eigenvalue weighted by molar-refractivity contribution is 0.00578. The molecular weight excluding hydrogens is 699 g/mol. The highest BCUT2D eigenvalue weighted by atomic mass is 16.7. The molecule has 0 bridgehead atoms. The maximum atomic E-state index is 14.0. The number of rotatable bonds is 8. The lowest BCUT2D eigenvalue weighted by atomic mass is 9.77. The van der Waals surface area contributed by atoms with Crippen molar-refractivity contribution in [3.63, 3.8) is 0 Å². The second-order valence-electron chi connectivity index (χ2n) is 17.6. The van der Waals surface area contributed by atoms with E-state index in [2.05, 4.69) is 21.2 Å². The number of carbonyl (C=O) groups is 3. The van der Waals surface area contributed by atoms with Gasteiger partial charge in [-0.25, -0.2) is 19.4 Å². The third kappa shape index (κ3) is 9.44. The first-order valence-electron chi connectivity index (χ1n) is 19.1. The van der Waals surface area contributed by atoms with Crippen LogP contribution in [0.15, 0.2) is 54.6 Å². The molecule has 2 saturated heterocycles. The van der Waals surface area contributed by atoms with Gasteiger partial charge in [-0.15, -0.1) is 0 Å². The van der Waals surface area contributed by atoms with Gasteiger partial charge in [-0.2, -0.15) is 0 Å². The monoisotopic (exact) mass is 754 g/mol. The van der Waals surface area contributed by atoms with Gasteiger partial charge in [0, 0.05) is 37.3 Å². The molecule has 2 fully saturated rings. The van der Waals surface area contributed by atoms with Crippen molar-refractivity contribution in [1.29, 1.82) is 0 Å². The van der Waals surface area contributed by atoms with Gasteiger partial charge >= 0.3 is 25.2 Å². The molecule has 0 aliphatic carbocycles. The van der Waals surface area contributed by atoms with Gasteiger partial charge in [0.05, 0.1) is 22.8 Å². The van der Waals surface area contributed by atoms with Crippen LogP contribution in [0.5, 0.6) is 0 Å². The van der Waals surface area contributed by atoms with Gasteiger partial charge in [0.15, 0.2) is 5.69 Å². The Kier molecular flexibility index (Phi) is 11.0. The molecule has 0 saturated carbocycles. The smallest absolute Gasteiger partial charge is 0.457 e. The van der Waals surface area contributed by atoms with E-state index in [-0.39, 0.29) is 18.3 Å². The van der Waals surface area contributed by atoms with Crippen LogP contribution in [0.2, 0.25) is 0 Å². The molecule has 1 amide bonds. The van der Waals surface area contributed by atoms with E-state index in [9.17, 15) is 14.4 Å². The highest BCUT2D eigenvalue weighted by molar-refractivity contribution is 6.63. The number of alkyl carbamates (subject to hydrolysis) is 1. The normalized spacial score (nSPS) is 19.2. The standard InChI is InChI=1S/C42H55BN4O8/c1-39(2,3)52-37(49)35-33(43-54-41(7,8)42(9,10)55-43)16-17-34(45-35)47-20-18-28-22-30(46-21-19-29(24-46)44-38(50)53-40(4,5)6)23-31(32(28)25-47)36(48)51-26-27-14-12-11-13-15-27/h11-17,22-23,29H,18-21,24-26H2,1-10H3,(H,44,50)/t29-/m0/s1. The Morgan fingerprint density at radius 2 is 1.55 bits per heavy atom. The SMILES string of the molecule is CC(C)(C)OC(=O)N[C@H]1CCN(c2cc3c(c(C(=O)OCc4ccccc4)c2)CN(c2ccc(B4OC(C)(C)C(C)(C)O4)c(C(=O)OC(C)(C)C)n2)CC3)C1. The van der Waals surface area contributed by atoms with E-state index in [1.807, 2.05) is 118 Å². The molecule has 4 heterocycles. The van der Waals surface area contributed by atoms with Crippen molar-refractivity contribution in [2.45, 2.75) is 124 Å². The molecular formula is C42H55BN4O8. The number of anilines is 2. The summed E-state index contributed by atoms with van der Waals surface area (Å²) in [5, 5.41) is 2.99.